The Balaban J connectivity index is 3.07. The van der Waals surface area contributed by atoms with E-state index >= 15 is 0 Å². The van der Waals surface area contributed by atoms with Gasteiger partial charge in [0, 0.05) is 20.5 Å². The van der Waals surface area contributed by atoms with Gasteiger partial charge in [0.2, 0.25) is 11.6 Å². The molecule has 8 heteroatoms. The molecule has 4 N–H and O–H groups in total. The fraction of sp³-hybridized carbons (Fsp3) is 0.750. The zero-order chi connectivity index (χ0) is 12.6. The molecule has 0 amide bonds. The first-order chi connectivity index (χ1) is 7.29. The van der Waals surface area contributed by atoms with Crippen LogP contribution in [-0.2, 0) is 9.59 Å². The van der Waals surface area contributed by atoms with Gasteiger partial charge in [-0.25, -0.2) is 0 Å². The Morgan fingerprint density at radius 1 is 0.750 bits per heavy atom. The second kappa shape index (κ2) is 4.86. The maximum atomic E-state index is 11.3. The third-order valence-corrected chi connectivity index (χ3v) is 8.14. The first-order valence-electron chi connectivity index (χ1n) is 5.09. The highest BCUT2D eigenvalue weighted by atomic mass is 28.2. The average molecular weight is 264 g/mol. The molecule has 0 aromatic heterocycles. The van der Waals surface area contributed by atoms with Crippen molar-refractivity contribution >= 4 is 32.1 Å². The van der Waals surface area contributed by atoms with Crippen LogP contribution in [0.4, 0.5) is 0 Å². The molecule has 0 radical (unpaired) electrons. The molecule has 1 aliphatic rings. The van der Waals surface area contributed by atoms with Crippen LogP contribution in [0.25, 0.3) is 0 Å². The minimum absolute atomic E-state index is 0.414. The number of Topliss-reactive ketones (excluding diaryl/α,β-unsaturated/α-hetero) is 2. The molecule has 0 aromatic rings. The number of hydrogen-bond donors (Lipinski definition) is 4. The largest absolute Gasteiger partial charge is 0.390 e. The van der Waals surface area contributed by atoms with Gasteiger partial charge in [-0.05, 0) is 11.1 Å². The van der Waals surface area contributed by atoms with Gasteiger partial charge in [0.25, 0.3) is 0 Å². The molecular formula is C8H16O6Si2. The Kier molecular flexibility index (Phi) is 4.15. The lowest BCUT2D eigenvalue weighted by Gasteiger charge is -2.35. The van der Waals surface area contributed by atoms with Crippen molar-refractivity contribution in [1.82, 2.24) is 0 Å². The van der Waals surface area contributed by atoms with E-state index in [-0.39, 0.29) is 0 Å². The van der Waals surface area contributed by atoms with Crippen molar-refractivity contribution in [2.24, 2.45) is 0 Å². The van der Waals surface area contributed by atoms with Crippen LogP contribution in [-0.4, -0.2) is 76.9 Å². The standard InChI is InChI=1S/C8H16O6Si2/c9-1-2(10)4(12)6(14)8(16)7(15)5(13)3(1)11/h3-8,11-14H,15-16H3. The third kappa shape index (κ3) is 2.17. The monoisotopic (exact) mass is 264 g/mol. The molecule has 0 bridgehead atoms. The van der Waals surface area contributed by atoms with Gasteiger partial charge in [0.15, 0.2) is 0 Å². The Morgan fingerprint density at radius 2 is 1.00 bits per heavy atom. The van der Waals surface area contributed by atoms with Crippen LogP contribution in [0.3, 0.4) is 0 Å². The summed E-state index contributed by atoms with van der Waals surface area (Å²) in [4.78, 5) is 22.6. The van der Waals surface area contributed by atoms with E-state index < -0.39 is 47.1 Å². The molecule has 1 aliphatic carbocycles. The number of aliphatic hydroxyl groups is 4. The average Bonchev–Trinajstić information content (AvgIpc) is 2.30. The lowest BCUT2D eigenvalue weighted by atomic mass is 9.89. The number of hydrogen-bond acceptors (Lipinski definition) is 6. The minimum atomic E-state index is -1.78. The summed E-state index contributed by atoms with van der Waals surface area (Å²) in [5, 5.41) is 38.2. The molecule has 92 valence electrons. The number of rotatable bonds is 0. The normalized spacial score (nSPS) is 46.8. The number of aliphatic hydroxyl groups excluding tert-OH is 4. The van der Waals surface area contributed by atoms with Crippen molar-refractivity contribution < 1.29 is 30.0 Å². The molecular weight excluding hydrogens is 248 g/mol. The third-order valence-electron chi connectivity index (χ3n) is 3.33. The lowest BCUT2D eigenvalue weighted by molar-refractivity contribution is -0.155. The summed E-state index contributed by atoms with van der Waals surface area (Å²) < 4.78 is 0. The van der Waals surface area contributed by atoms with E-state index in [0.29, 0.717) is 20.5 Å². The number of carbonyl (C=O) groups excluding carboxylic acids is 2. The van der Waals surface area contributed by atoms with Crippen LogP contribution in [0, 0.1) is 0 Å². The van der Waals surface area contributed by atoms with Crippen molar-refractivity contribution in [3.8, 4) is 0 Å². The van der Waals surface area contributed by atoms with Crippen LogP contribution in [0.5, 0.6) is 0 Å². The summed E-state index contributed by atoms with van der Waals surface area (Å²) in [7, 11) is 0.914. The SMILES string of the molecule is O=C1C(=O)C(O)C(O)C([SiH3])C([SiH3])C(O)C1O. The Bertz CT molecular complexity index is 279. The molecule has 6 nitrogen and oxygen atoms in total. The molecule has 0 aliphatic heterocycles. The molecule has 1 rings (SSSR count). The smallest absolute Gasteiger partial charge is 0.232 e. The quantitative estimate of drug-likeness (QED) is 0.257. The molecule has 1 fully saturated rings. The molecule has 0 heterocycles. The first-order valence-corrected chi connectivity index (χ1v) is 7.40. The summed E-state index contributed by atoms with van der Waals surface area (Å²) in [6, 6.07) is 0. The highest BCUT2D eigenvalue weighted by Gasteiger charge is 2.45. The Labute approximate surface area is 98.1 Å². The van der Waals surface area contributed by atoms with Gasteiger partial charge in [0.1, 0.15) is 12.2 Å². The van der Waals surface area contributed by atoms with Crippen LogP contribution in [0.1, 0.15) is 0 Å². The summed E-state index contributed by atoms with van der Waals surface area (Å²) in [6.45, 7) is 0. The van der Waals surface area contributed by atoms with Gasteiger partial charge >= 0.3 is 0 Å². The number of ketones is 2. The highest BCUT2D eigenvalue weighted by Crippen LogP contribution is 2.31. The van der Waals surface area contributed by atoms with Crippen molar-refractivity contribution in [2.45, 2.75) is 35.5 Å². The zero-order valence-corrected chi connectivity index (χ0v) is 13.1. The van der Waals surface area contributed by atoms with E-state index in [1.54, 1.807) is 0 Å². The van der Waals surface area contributed by atoms with Crippen LogP contribution in [0.15, 0.2) is 0 Å². The zero-order valence-electron chi connectivity index (χ0n) is 9.07. The van der Waals surface area contributed by atoms with Crippen LogP contribution in [0.2, 0.25) is 11.1 Å². The maximum Gasteiger partial charge on any atom is 0.232 e. The van der Waals surface area contributed by atoms with Crippen molar-refractivity contribution in [1.29, 1.82) is 0 Å². The van der Waals surface area contributed by atoms with E-state index in [1.165, 1.54) is 0 Å². The molecule has 0 aromatic carbocycles. The molecule has 16 heavy (non-hydrogen) atoms. The minimum Gasteiger partial charge on any atom is -0.390 e. The molecule has 0 saturated heterocycles. The van der Waals surface area contributed by atoms with Gasteiger partial charge in [0.05, 0.1) is 12.2 Å². The Morgan fingerprint density at radius 3 is 1.25 bits per heavy atom. The van der Waals surface area contributed by atoms with E-state index in [0.717, 1.165) is 0 Å². The molecule has 6 unspecified atom stereocenters. The van der Waals surface area contributed by atoms with Crippen molar-refractivity contribution in [2.75, 3.05) is 0 Å². The fourth-order valence-electron chi connectivity index (χ4n) is 1.80. The van der Waals surface area contributed by atoms with E-state index in [1.807, 2.05) is 0 Å². The maximum absolute atomic E-state index is 11.3. The van der Waals surface area contributed by atoms with Gasteiger partial charge in [-0.3, -0.25) is 9.59 Å². The van der Waals surface area contributed by atoms with Gasteiger partial charge in [-0.1, -0.05) is 0 Å². The summed E-state index contributed by atoms with van der Waals surface area (Å²) in [5.74, 6) is -2.46. The van der Waals surface area contributed by atoms with E-state index in [9.17, 15) is 30.0 Å². The highest BCUT2D eigenvalue weighted by molar-refractivity contribution is 6.41. The Hall–Kier alpha value is -0.386. The van der Waals surface area contributed by atoms with E-state index in [2.05, 4.69) is 0 Å². The summed E-state index contributed by atoms with van der Waals surface area (Å²) in [6.07, 6.45) is -6.22. The van der Waals surface area contributed by atoms with Gasteiger partial charge in [-0.2, -0.15) is 0 Å². The van der Waals surface area contributed by atoms with E-state index in [4.69, 9.17) is 0 Å². The predicted molar refractivity (Wildman–Crippen MR) is 61.4 cm³/mol. The second-order valence-electron chi connectivity index (χ2n) is 4.32. The van der Waals surface area contributed by atoms with Crippen molar-refractivity contribution in [3.63, 3.8) is 0 Å². The van der Waals surface area contributed by atoms with Gasteiger partial charge in [-0.15, -0.1) is 0 Å². The van der Waals surface area contributed by atoms with Gasteiger partial charge < -0.3 is 20.4 Å². The van der Waals surface area contributed by atoms with Crippen LogP contribution >= 0.6 is 0 Å². The molecule has 0 spiro atoms. The summed E-state index contributed by atoms with van der Waals surface area (Å²) in [5.41, 5.74) is -0.827. The van der Waals surface area contributed by atoms with Crippen LogP contribution < -0.4 is 0 Å². The number of carbonyl (C=O) groups is 2. The molecule has 6 atom stereocenters. The first kappa shape index (κ1) is 13.7. The fourth-order valence-corrected chi connectivity index (χ4v) is 3.32. The lowest BCUT2D eigenvalue weighted by Crippen LogP contribution is -2.53. The van der Waals surface area contributed by atoms with Crippen molar-refractivity contribution in [3.05, 3.63) is 0 Å². The molecule has 1 saturated carbocycles. The topological polar surface area (TPSA) is 115 Å². The second-order valence-corrected chi connectivity index (χ2v) is 6.98. The predicted octanol–water partition coefficient (Wildman–Crippen LogP) is -5.11. The summed E-state index contributed by atoms with van der Waals surface area (Å²) >= 11 is 0.